The third-order valence-electron chi connectivity index (χ3n) is 2.29. The molecule has 16 heavy (non-hydrogen) atoms. The van der Waals surface area contributed by atoms with Crippen molar-refractivity contribution in [2.24, 2.45) is 5.73 Å². The van der Waals surface area contributed by atoms with E-state index in [4.69, 9.17) is 10.5 Å². The molecule has 0 unspecified atom stereocenters. The monoisotopic (exact) mass is 223 g/mol. The first-order valence-electron chi connectivity index (χ1n) is 5.44. The van der Waals surface area contributed by atoms with Gasteiger partial charge in [0.25, 0.3) is 0 Å². The molecule has 1 aromatic carbocycles. The number of ether oxygens (including phenoxy) is 1. The van der Waals surface area contributed by atoms with Crippen molar-refractivity contribution in [1.29, 1.82) is 0 Å². The molecule has 0 radical (unpaired) electrons. The topological polar surface area (TPSA) is 35.2 Å². The van der Waals surface area contributed by atoms with Gasteiger partial charge in [-0.15, -0.1) is 6.58 Å². The molecule has 0 spiro atoms. The maximum atomic E-state index is 13.5. The zero-order chi connectivity index (χ0) is 12.0. The third-order valence-corrected chi connectivity index (χ3v) is 2.29. The van der Waals surface area contributed by atoms with E-state index in [1.807, 2.05) is 13.0 Å². The Balaban J connectivity index is 2.57. The number of rotatable bonds is 6. The highest BCUT2D eigenvalue weighted by molar-refractivity contribution is 5.30. The van der Waals surface area contributed by atoms with Gasteiger partial charge in [0, 0.05) is 6.04 Å². The van der Waals surface area contributed by atoms with Gasteiger partial charge >= 0.3 is 0 Å². The molecule has 2 N–H and O–H groups in total. The van der Waals surface area contributed by atoms with Crippen LogP contribution in [0.3, 0.4) is 0 Å². The number of halogens is 1. The van der Waals surface area contributed by atoms with Crippen molar-refractivity contribution in [3.8, 4) is 5.75 Å². The molecule has 3 heteroatoms. The maximum absolute atomic E-state index is 13.5. The highest BCUT2D eigenvalue weighted by Crippen LogP contribution is 2.21. The second-order valence-electron chi connectivity index (χ2n) is 3.76. The minimum absolute atomic E-state index is 0.163. The molecule has 1 rings (SSSR count). The number of hydrogen-bond donors (Lipinski definition) is 1. The molecule has 1 aromatic rings. The van der Waals surface area contributed by atoms with Crippen LogP contribution >= 0.6 is 0 Å². The number of nitrogens with two attached hydrogens (primary N) is 1. The van der Waals surface area contributed by atoms with Crippen LogP contribution in [0.2, 0.25) is 0 Å². The van der Waals surface area contributed by atoms with E-state index in [0.29, 0.717) is 6.61 Å². The summed E-state index contributed by atoms with van der Waals surface area (Å²) in [5.74, 6) is -0.0677. The number of benzene rings is 1. The summed E-state index contributed by atoms with van der Waals surface area (Å²) in [6.45, 7) is 5.93. The summed E-state index contributed by atoms with van der Waals surface area (Å²) in [7, 11) is 0. The van der Waals surface area contributed by atoms with E-state index >= 15 is 0 Å². The Kier molecular flexibility index (Phi) is 4.99. The number of hydrogen-bond acceptors (Lipinski definition) is 2. The van der Waals surface area contributed by atoms with E-state index in [1.54, 1.807) is 12.1 Å². The van der Waals surface area contributed by atoms with Gasteiger partial charge in [-0.2, -0.15) is 0 Å². The Morgan fingerprint density at radius 2 is 2.31 bits per heavy atom. The summed E-state index contributed by atoms with van der Waals surface area (Å²) >= 11 is 0. The highest BCUT2D eigenvalue weighted by Gasteiger charge is 2.06. The number of unbranched alkanes of at least 4 members (excludes halogenated alkanes) is 1. The Hall–Kier alpha value is -1.35. The zero-order valence-corrected chi connectivity index (χ0v) is 9.58. The lowest BCUT2D eigenvalue weighted by Gasteiger charge is -2.10. The van der Waals surface area contributed by atoms with Crippen LogP contribution in [0.5, 0.6) is 5.75 Å². The van der Waals surface area contributed by atoms with Gasteiger partial charge in [-0.25, -0.2) is 4.39 Å². The van der Waals surface area contributed by atoms with Crippen molar-refractivity contribution in [3.63, 3.8) is 0 Å². The van der Waals surface area contributed by atoms with Gasteiger partial charge in [-0.1, -0.05) is 12.1 Å². The smallest absolute Gasteiger partial charge is 0.165 e. The van der Waals surface area contributed by atoms with Gasteiger partial charge in [0.15, 0.2) is 11.6 Å². The molecule has 1 atom stereocenters. The van der Waals surface area contributed by atoms with Crippen molar-refractivity contribution in [1.82, 2.24) is 0 Å². The normalized spacial score (nSPS) is 12.2. The molecular formula is C13H18FNO. The summed E-state index contributed by atoms with van der Waals surface area (Å²) in [5, 5.41) is 0. The van der Waals surface area contributed by atoms with Crippen LogP contribution in [0.25, 0.3) is 0 Å². The Labute approximate surface area is 95.9 Å². The fourth-order valence-corrected chi connectivity index (χ4v) is 1.33. The van der Waals surface area contributed by atoms with E-state index < -0.39 is 0 Å². The Morgan fingerprint density at radius 3 is 2.88 bits per heavy atom. The second-order valence-corrected chi connectivity index (χ2v) is 3.76. The summed E-state index contributed by atoms with van der Waals surface area (Å²) in [6.07, 6.45) is 3.54. The van der Waals surface area contributed by atoms with Crippen LogP contribution < -0.4 is 10.5 Å². The summed E-state index contributed by atoms with van der Waals surface area (Å²) in [4.78, 5) is 0. The molecule has 0 aliphatic heterocycles. The molecule has 2 nitrogen and oxygen atoms in total. The first-order chi connectivity index (χ1) is 7.65. The average molecular weight is 223 g/mol. The molecule has 0 saturated carbocycles. The molecule has 0 fully saturated rings. The standard InChI is InChI=1S/C13H18FNO/c1-3-4-5-8-16-13-7-6-11(10(2)15)9-12(13)14/h3,6-7,9-10H,1,4-5,8,15H2,2H3/t10-/m1/s1. The maximum Gasteiger partial charge on any atom is 0.165 e. The molecule has 0 aliphatic rings. The van der Waals surface area contributed by atoms with Crippen LogP contribution in [0.4, 0.5) is 4.39 Å². The molecule has 0 amide bonds. The van der Waals surface area contributed by atoms with E-state index in [2.05, 4.69) is 6.58 Å². The van der Waals surface area contributed by atoms with Crippen molar-refractivity contribution >= 4 is 0 Å². The average Bonchev–Trinajstić information content (AvgIpc) is 2.26. The van der Waals surface area contributed by atoms with Gasteiger partial charge < -0.3 is 10.5 Å². The van der Waals surface area contributed by atoms with E-state index in [1.165, 1.54) is 6.07 Å². The first kappa shape index (κ1) is 12.7. The van der Waals surface area contributed by atoms with Gasteiger partial charge in [0.2, 0.25) is 0 Å². The highest BCUT2D eigenvalue weighted by atomic mass is 19.1. The van der Waals surface area contributed by atoms with E-state index in [9.17, 15) is 4.39 Å². The first-order valence-corrected chi connectivity index (χ1v) is 5.44. The van der Waals surface area contributed by atoms with Crippen molar-refractivity contribution < 1.29 is 9.13 Å². The lowest BCUT2D eigenvalue weighted by atomic mass is 10.1. The minimum Gasteiger partial charge on any atom is -0.491 e. The minimum atomic E-state index is -0.353. The fourth-order valence-electron chi connectivity index (χ4n) is 1.33. The SMILES string of the molecule is C=CCCCOc1ccc([C@@H](C)N)cc1F. The molecule has 0 bridgehead atoms. The van der Waals surface area contributed by atoms with Crippen molar-refractivity contribution in [3.05, 3.63) is 42.2 Å². The predicted molar refractivity (Wildman–Crippen MR) is 63.9 cm³/mol. The fraction of sp³-hybridized carbons (Fsp3) is 0.385. The Bertz CT molecular complexity index is 350. The Morgan fingerprint density at radius 1 is 1.56 bits per heavy atom. The van der Waals surface area contributed by atoms with Gasteiger partial charge in [-0.3, -0.25) is 0 Å². The predicted octanol–water partition coefficient (Wildman–Crippen LogP) is 3.19. The van der Waals surface area contributed by atoms with Gasteiger partial charge in [-0.05, 0) is 37.5 Å². The molecule has 0 heterocycles. The molecule has 88 valence electrons. The van der Waals surface area contributed by atoms with Gasteiger partial charge in [0.05, 0.1) is 6.61 Å². The lowest BCUT2D eigenvalue weighted by Crippen LogP contribution is -2.06. The molecular weight excluding hydrogens is 205 g/mol. The van der Waals surface area contributed by atoms with E-state index in [-0.39, 0.29) is 17.6 Å². The van der Waals surface area contributed by atoms with E-state index in [0.717, 1.165) is 18.4 Å². The molecule has 0 saturated heterocycles. The van der Waals surface area contributed by atoms with Gasteiger partial charge in [0.1, 0.15) is 0 Å². The van der Waals surface area contributed by atoms with Crippen LogP contribution in [0, 0.1) is 5.82 Å². The molecule has 0 aromatic heterocycles. The van der Waals surface area contributed by atoms with Crippen LogP contribution in [-0.2, 0) is 0 Å². The van der Waals surface area contributed by atoms with Crippen LogP contribution in [0.15, 0.2) is 30.9 Å². The second kappa shape index (κ2) is 6.28. The zero-order valence-electron chi connectivity index (χ0n) is 9.58. The van der Waals surface area contributed by atoms with Crippen molar-refractivity contribution in [2.45, 2.75) is 25.8 Å². The summed E-state index contributed by atoms with van der Waals surface area (Å²) in [5.41, 5.74) is 6.43. The summed E-state index contributed by atoms with van der Waals surface area (Å²) in [6, 6.07) is 4.68. The quantitative estimate of drug-likeness (QED) is 0.593. The molecule has 0 aliphatic carbocycles. The third kappa shape index (κ3) is 3.66. The lowest BCUT2D eigenvalue weighted by molar-refractivity contribution is 0.296. The van der Waals surface area contributed by atoms with Crippen molar-refractivity contribution in [2.75, 3.05) is 6.61 Å². The summed E-state index contributed by atoms with van der Waals surface area (Å²) < 4.78 is 18.8. The van der Waals surface area contributed by atoms with Crippen LogP contribution in [0.1, 0.15) is 31.4 Å². The number of allylic oxidation sites excluding steroid dienone is 1. The van der Waals surface area contributed by atoms with Crippen LogP contribution in [-0.4, -0.2) is 6.61 Å². The largest absolute Gasteiger partial charge is 0.491 e.